The average Bonchev–Trinajstić information content (AvgIpc) is 2.87. The molecule has 0 amide bonds. The van der Waals surface area contributed by atoms with Gasteiger partial charge >= 0.3 is 0 Å². The van der Waals surface area contributed by atoms with Crippen molar-refractivity contribution in [3.8, 4) is 11.5 Å². The molecule has 104 valence electrons. The number of halogens is 1. The van der Waals surface area contributed by atoms with Crippen LogP contribution in [0.25, 0.3) is 0 Å². The lowest BCUT2D eigenvalue weighted by Crippen LogP contribution is -2.22. The summed E-state index contributed by atoms with van der Waals surface area (Å²) in [4.78, 5) is 0. The van der Waals surface area contributed by atoms with E-state index in [1.165, 1.54) is 17.7 Å². The molecular formula is C17H17FO2. The van der Waals surface area contributed by atoms with Crippen molar-refractivity contribution in [3.05, 3.63) is 59.4 Å². The quantitative estimate of drug-likeness (QED) is 0.843. The smallest absolute Gasteiger partial charge is 0.137 e. The second kappa shape index (κ2) is 5.53. The van der Waals surface area contributed by atoms with E-state index in [-0.39, 0.29) is 11.9 Å². The van der Waals surface area contributed by atoms with E-state index in [2.05, 4.69) is 13.0 Å². The first-order valence-corrected chi connectivity index (χ1v) is 6.92. The molecule has 1 unspecified atom stereocenters. The second-order valence-corrected chi connectivity index (χ2v) is 4.97. The number of ether oxygens (including phenoxy) is 2. The maximum atomic E-state index is 13.2. The molecule has 3 heteroatoms. The maximum absolute atomic E-state index is 13.2. The first-order chi connectivity index (χ1) is 9.76. The summed E-state index contributed by atoms with van der Waals surface area (Å²) < 4.78 is 24.8. The lowest BCUT2D eigenvalue weighted by Gasteiger charge is -2.14. The highest BCUT2D eigenvalue weighted by Gasteiger charge is 2.24. The third-order valence-electron chi connectivity index (χ3n) is 3.54. The molecule has 0 aliphatic carbocycles. The third-order valence-corrected chi connectivity index (χ3v) is 3.54. The Hall–Kier alpha value is -2.03. The minimum absolute atomic E-state index is 0.0447. The van der Waals surface area contributed by atoms with Crippen LogP contribution in [-0.2, 0) is 12.8 Å². The van der Waals surface area contributed by atoms with E-state index in [9.17, 15) is 4.39 Å². The van der Waals surface area contributed by atoms with Crippen molar-refractivity contribution in [3.63, 3.8) is 0 Å². The van der Waals surface area contributed by atoms with Crippen LogP contribution in [0.1, 0.15) is 18.1 Å². The Bertz CT molecular complexity index is 610. The summed E-state index contributed by atoms with van der Waals surface area (Å²) >= 11 is 0. The van der Waals surface area contributed by atoms with Crippen molar-refractivity contribution in [1.82, 2.24) is 0 Å². The molecule has 0 fully saturated rings. The topological polar surface area (TPSA) is 18.5 Å². The molecule has 0 N–H and O–H groups in total. The largest absolute Gasteiger partial charge is 0.489 e. The summed E-state index contributed by atoms with van der Waals surface area (Å²) in [5, 5.41) is 0. The van der Waals surface area contributed by atoms with Crippen LogP contribution >= 0.6 is 0 Å². The van der Waals surface area contributed by atoms with E-state index in [1.807, 2.05) is 18.2 Å². The van der Waals surface area contributed by atoms with Crippen molar-refractivity contribution in [1.29, 1.82) is 0 Å². The lowest BCUT2D eigenvalue weighted by atomic mass is 10.1. The Morgan fingerprint density at radius 3 is 2.95 bits per heavy atom. The van der Waals surface area contributed by atoms with Gasteiger partial charge in [-0.05, 0) is 36.2 Å². The number of para-hydroxylation sites is 1. The molecule has 0 radical (unpaired) electrons. The van der Waals surface area contributed by atoms with Gasteiger partial charge in [0.05, 0.1) is 0 Å². The summed E-state index contributed by atoms with van der Waals surface area (Å²) in [5.74, 6) is 1.45. The molecule has 0 saturated heterocycles. The van der Waals surface area contributed by atoms with Crippen LogP contribution in [0.15, 0.2) is 42.5 Å². The van der Waals surface area contributed by atoms with Gasteiger partial charge in [0.1, 0.15) is 30.0 Å². The van der Waals surface area contributed by atoms with Crippen LogP contribution in [0.4, 0.5) is 4.39 Å². The summed E-state index contributed by atoms with van der Waals surface area (Å²) in [6.07, 6.45) is 1.59. The zero-order valence-corrected chi connectivity index (χ0v) is 11.4. The minimum atomic E-state index is -0.217. The highest BCUT2D eigenvalue weighted by atomic mass is 19.1. The number of aryl methyl sites for hydroxylation is 1. The fourth-order valence-corrected chi connectivity index (χ4v) is 2.50. The van der Waals surface area contributed by atoms with Gasteiger partial charge in [-0.2, -0.15) is 0 Å². The SMILES string of the molecule is CCc1ccccc1OCC1Cc2cc(F)ccc2O1. The average molecular weight is 272 g/mol. The second-order valence-electron chi connectivity index (χ2n) is 4.97. The molecular weight excluding hydrogens is 255 g/mol. The molecule has 0 aromatic heterocycles. The fraction of sp³-hybridized carbons (Fsp3) is 0.294. The number of fused-ring (bicyclic) bond motifs is 1. The molecule has 2 nitrogen and oxygen atoms in total. The van der Waals surface area contributed by atoms with E-state index < -0.39 is 0 Å². The highest BCUT2D eigenvalue weighted by molar-refractivity contribution is 5.38. The Labute approximate surface area is 118 Å². The molecule has 20 heavy (non-hydrogen) atoms. The van der Waals surface area contributed by atoms with Gasteiger partial charge in [0, 0.05) is 12.0 Å². The van der Waals surface area contributed by atoms with E-state index in [4.69, 9.17) is 9.47 Å². The monoisotopic (exact) mass is 272 g/mol. The minimum Gasteiger partial charge on any atom is -0.489 e. The van der Waals surface area contributed by atoms with Gasteiger partial charge in [0.25, 0.3) is 0 Å². The normalized spacial score (nSPS) is 16.6. The first kappa shape index (κ1) is 13.0. The van der Waals surface area contributed by atoms with Crippen molar-refractivity contribution in [2.75, 3.05) is 6.61 Å². The number of hydrogen-bond donors (Lipinski definition) is 0. The summed E-state index contributed by atoms with van der Waals surface area (Å²) in [6, 6.07) is 12.7. The van der Waals surface area contributed by atoms with Crippen LogP contribution in [0.2, 0.25) is 0 Å². The van der Waals surface area contributed by atoms with E-state index in [0.717, 1.165) is 23.5 Å². The molecule has 2 aromatic carbocycles. The molecule has 2 aromatic rings. The molecule has 0 spiro atoms. The Balaban J connectivity index is 1.64. The predicted molar refractivity (Wildman–Crippen MR) is 75.8 cm³/mol. The van der Waals surface area contributed by atoms with Gasteiger partial charge in [0.15, 0.2) is 0 Å². The fourth-order valence-electron chi connectivity index (χ4n) is 2.50. The highest BCUT2D eigenvalue weighted by Crippen LogP contribution is 2.30. The van der Waals surface area contributed by atoms with E-state index >= 15 is 0 Å². The van der Waals surface area contributed by atoms with Crippen LogP contribution in [0.3, 0.4) is 0 Å². The molecule has 1 aliphatic rings. The van der Waals surface area contributed by atoms with Gasteiger partial charge < -0.3 is 9.47 Å². The van der Waals surface area contributed by atoms with Gasteiger partial charge in [-0.15, -0.1) is 0 Å². The van der Waals surface area contributed by atoms with Crippen LogP contribution in [0, 0.1) is 5.82 Å². The molecule has 3 rings (SSSR count). The Kier molecular flexibility index (Phi) is 3.59. The van der Waals surface area contributed by atoms with Crippen LogP contribution < -0.4 is 9.47 Å². The van der Waals surface area contributed by atoms with Crippen molar-refractivity contribution < 1.29 is 13.9 Å². The zero-order chi connectivity index (χ0) is 13.9. The number of benzene rings is 2. The zero-order valence-electron chi connectivity index (χ0n) is 11.4. The lowest BCUT2D eigenvalue weighted by molar-refractivity contribution is 0.148. The third kappa shape index (κ3) is 2.62. The summed E-state index contributed by atoms with van der Waals surface area (Å²) in [6.45, 7) is 2.58. The predicted octanol–water partition coefficient (Wildman–Crippen LogP) is 3.77. The van der Waals surface area contributed by atoms with Crippen LogP contribution in [-0.4, -0.2) is 12.7 Å². The molecule has 1 aliphatic heterocycles. The van der Waals surface area contributed by atoms with Crippen LogP contribution in [0.5, 0.6) is 11.5 Å². The van der Waals surface area contributed by atoms with E-state index in [0.29, 0.717) is 13.0 Å². The maximum Gasteiger partial charge on any atom is 0.137 e. The molecule has 0 bridgehead atoms. The standard InChI is InChI=1S/C17H17FO2/c1-2-12-5-3-4-6-16(12)19-11-15-10-13-9-14(18)7-8-17(13)20-15/h3-9,15H,2,10-11H2,1H3. The van der Waals surface area contributed by atoms with Gasteiger partial charge in [0.2, 0.25) is 0 Å². The molecule has 0 saturated carbocycles. The van der Waals surface area contributed by atoms with Crippen molar-refractivity contribution >= 4 is 0 Å². The van der Waals surface area contributed by atoms with Gasteiger partial charge in [-0.3, -0.25) is 0 Å². The summed E-state index contributed by atoms with van der Waals surface area (Å²) in [7, 11) is 0. The molecule has 1 heterocycles. The van der Waals surface area contributed by atoms with E-state index in [1.54, 1.807) is 6.07 Å². The number of rotatable bonds is 4. The Morgan fingerprint density at radius 1 is 1.25 bits per heavy atom. The van der Waals surface area contributed by atoms with Gasteiger partial charge in [-0.1, -0.05) is 25.1 Å². The van der Waals surface area contributed by atoms with Gasteiger partial charge in [-0.25, -0.2) is 4.39 Å². The van der Waals surface area contributed by atoms with Crippen molar-refractivity contribution in [2.24, 2.45) is 0 Å². The Morgan fingerprint density at radius 2 is 2.10 bits per heavy atom. The van der Waals surface area contributed by atoms with Crippen molar-refractivity contribution in [2.45, 2.75) is 25.9 Å². The first-order valence-electron chi connectivity index (χ1n) is 6.92. The summed E-state index contributed by atoms with van der Waals surface area (Å²) in [5.41, 5.74) is 2.11. The molecule has 1 atom stereocenters. The number of hydrogen-bond acceptors (Lipinski definition) is 2.